The molecule has 3 rings (SSSR count). The Bertz CT molecular complexity index is 736. The van der Waals surface area contributed by atoms with E-state index in [1.165, 1.54) is 11.1 Å². The lowest BCUT2D eigenvalue weighted by Gasteiger charge is -2.25. The van der Waals surface area contributed by atoms with Gasteiger partial charge >= 0.3 is 0 Å². The van der Waals surface area contributed by atoms with Crippen molar-refractivity contribution in [2.75, 3.05) is 12.3 Å². The number of carbonyl (C=O) groups is 1. The van der Waals surface area contributed by atoms with E-state index in [4.69, 9.17) is 11.6 Å². The molecular weight excluding hydrogens is 338 g/mol. The molecule has 1 saturated heterocycles. The number of carbonyl (C=O) groups excluding carboxylic acids is 1. The zero-order valence-corrected chi connectivity index (χ0v) is 15.8. The third-order valence-corrected chi connectivity index (χ3v) is 5.78. The summed E-state index contributed by atoms with van der Waals surface area (Å²) in [5.41, 5.74) is 3.28. The highest BCUT2D eigenvalue weighted by Crippen LogP contribution is 2.39. The van der Waals surface area contributed by atoms with Crippen LogP contribution in [0.1, 0.15) is 47.6 Å². The van der Waals surface area contributed by atoms with Gasteiger partial charge in [0.25, 0.3) is 5.91 Å². The van der Waals surface area contributed by atoms with Crippen molar-refractivity contribution in [3.05, 3.63) is 70.2 Å². The minimum Gasteiger partial charge on any atom is -0.322 e. The maximum absolute atomic E-state index is 12.9. The van der Waals surface area contributed by atoms with Crippen LogP contribution in [0.2, 0.25) is 5.02 Å². The van der Waals surface area contributed by atoms with Crippen molar-refractivity contribution < 1.29 is 4.79 Å². The summed E-state index contributed by atoms with van der Waals surface area (Å²) in [6.45, 7) is 7.39. The summed E-state index contributed by atoms with van der Waals surface area (Å²) in [5, 5.41) is 0.671. The minimum atomic E-state index is 0.0485. The van der Waals surface area contributed by atoms with Crippen LogP contribution in [0.5, 0.6) is 0 Å². The van der Waals surface area contributed by atoms with Crippen LogP contribution >= 0.6 is 23.4 Å². The summed E-state index contributed by atoms with van der Waals surface area (Å²) in [6.07, 6.45) is 0. The molecule has 0 aliphatic carbocycles. The van der Waals surface area contributed by atoms with E-state index in [0.717, 1.165) is 12.3 Å². The Balaban J connectivity index is 1.84. The first-order valence-corrected chi connectivity index (χ1v) is 9.57. The van der Waals surface area contributed by atoms with Crippen molar-refractivity contribution in [3.8, 4) is 0 Å². The molecule has 4 heteroatoms. The number of hydrogen-bond acceptors (Lipinski definition) is 2. The van der Waals surface area contributed by atoms with Crippen molar-refractivity contribution in [2.45, 2.75) is 31.6 Å². The number of amides is 1. The van der Waals surface area contributed by atoms with Gasteiger partial charge in [0.15, 0.2) is 0 Å². The molecule has 0 unspecified atom stereocenters. The molecular formula is C20H22ClNOS. The fourth-order valence-corrected chi connectivity index (χ4v) is 4.34. The second-order valence-corrected chi connectivity index (χ2v) is 8.73. The van der Waals surface area contributed by atoms with Crippen LogP contribution in [-0.4, -0.2) is 23.1 Å². The Kier molecular flexibility index (Phi) is 4.93. The van der Waals surface area contributed by atoms with E-state index in [0.29, 0.717) is 10.6 Å². The van der Waals surface area contributed by atoms with Crippen molar-refractivity contribution in [3.63, 3.8) is 0 Å². The Hall–Kier alpha value is -1.45. The van der Waals surface area contributed by atoms with Gasteiger partial charge in [-0.2, -0.15) is 0 Å². The second-order valence-electron chi connectivity index (χ2n) is 7.10. The quantitative estimate of drug-likeness (QED) is 0.703. The van der Waals surface area contributed by atoms with Crippen LogP contribution in [0.25, 0.3) is 0 Å². The van der Waals surface area contributed by atoms with Gasteiger partial charge in [0.1, 0.15) is 5.37 Å². The molecule has 0 aromatic heterocycles. The number of benzene rings is 2. The second kappa shape index (κ2) is 6.81. The fraction of sp³-hybridized carbons (Fsp3) is 0.350. The molecule has 1 atom stereocenters. The van der Waals surface area contributed by atoms with Crippen LogP contribution in [-0.2, 0) is 5.41 Å². The molecule has 0 N–H and O–H groups in total. The van der Waals surface area contributed by atoms with Crippen molar-refractivity contribution in [1.82, 2.24) is 4.90 Å². The predicted octanol–water partition coefficient (Wildman–Crippen LogP) is 5.53. The average Bonchev–Trinajstić information content (AvgIpc) is 3.03. The average molecular weight is 360 g/mol. The molecule has 2 aromatic carbocycles. The number of hydrogen-bond donors (Lipinski definition) is 0. The lowest BCUT2D eigenvalue weighted by atomic mass is 9.86. The predicted molar refractivity (Wildman–Crippen MR) is 103 cm³/mol. The van der Waals surface area contributed by atoms with E-state index < -0.39 is 0 Å². The summed E-state index contributed by atoms with van der Waals surface area (Å²) in [6, 6.07) is 15.9. The molecule has 0 bridgehead atoms. The maximum atomic E-state index is 12.9. The third kappa shape index (κ3) is 3.62. The summed E-state index contributed by atoms with van der Waals surface area (Å²) in [7, 11) is 0. The SMILES string of the molecule is CC(C)(C)c1ccc([C@H]2SCCN2C(=O)c2cccc(Cl)c2)cc1. The van der Waals surface area contributed by atoms with Crippen LogP contribution in [0.15, 0.2) is 48.5 Å². The molecule has 0 radical (unpaired) electrons. The molecule has 126 valence electrons. The zero-order valence-electron chi connectivity index (χ0n) is 14.3. The highest BCUT2D eigenvalue weighted by atomic mass is 35.5. The molecule has 2 nitrogen and oxygen atoms in total. The molecule has 1 aliphatic heterocycles. The molecule has 0 spiro atoms. The van der Waals surface area contributed by atoms with E-state index in [1.54, 1.807) is 12.1 Å². The van der Waals surface area contributed by atoms with E-state index in [2.05, 4.69) is 45.0 Å². The van der Waals surface area contributed by atoms with Crippen LogP contribution < -0.4 is 0 Å². The van der Waals surface area contributed by atoms with Crippen molar-refractivity contribution in [2.24, 2.45) is 0 Å². The topological polar surface area (TPSA) is 20.3 Å². The number of halogens is 1. The van der Waals surface area contributed by atoms with Gasteiger partial charge in [-0.15, -0.1) is 11.8 Å². The number of nitrogens with zero attached hydrogens (tertiary/aromatic N) is 1. The number of thioether (sulfide) groups is 1. The maximum Gasteiger partial charge on any atom is 0.255 e. The fourth-order valence-electron chi connectivity index (χ4n) is 2.89. The van der Waals surface area contributed by atoms with Gasteiger partial charge in [0.2, 0.25) is 0 Å². The zero-order chi connectivity index (χ0) is 17.3. The first kappa shape index (κ1) is 17.4. The van der Waals surface area contributed by atoms with E-state index in [1.807, 2.05) is 28.8 Å². The van der Waals surface area contributed by atoms with Gasteiger partial charge in [-0.3, -0.25) is 4.79 Å². The van der Waals surface area contributed by atoms with Crippen LogP contribution in [0, 0.1) is 0 Å². The summed E-state index contributed by atoms with van der Waals surface area (Å²) < 4.78 is 0. The molecule has 0 saturated carbocycles. The Labute approximate surface area is 153 Å². The van der Waals surface area contributed by atoms with Gasteiger partial charge in [0, 0.05) is 22.9 Å². The van der Waals surface area contributed by atoms with Gasteiger partial charge in [-0.25, -0.2) is 0 Å². The lowest BCUT2D eigenvalue weighted by molar-refractivity contribution is 0.0760. The van der Waals surface area contributed by atoms with E-state index >= 15 is 0 Å². The molecule has 1 amide bonds. The third-order valence-electron chi connectivity index (χ3n) is 4.29. The molecule has 24 heavy (non-hydrogen) atoms. The standard InChI is InChI=1S/C20H22ClNOS/c1-20(2,3)16-9-7-14(8-10-16)19-22(11-12-24-19)18(23)15-5-4-6-17(21)13-15/h4-10,13,19H,11-12H2,1-3H3/t19-/m1/s1. The van der Waals surface area contributed by atoms with E-state index in [9.17, 15) is 4.79 Å². The summed E-state index contributed by atoms with van der Waals surface area (Å²) in [4.78, 5) is 14.8. The first-order valence-electron chi connectivity index (χ1n) is 8.15. The van der Waals surface area contributed by atoms with Crippen molar-refractivity contribution >= 4 is 29.3 Å². The van der Waals surface area contributed by atoms with Crippen molar-refractivity contribution in [1.29, 1.82) is 0 Å². The number of rotatable bonds is 2. The lowest BCUT2D eigenvalue weighted by Crippen LogP contribution is -2.30. The molecule has 1 heterocycles. The highest BCUT2D eigenvalue weighted by Gasteiger charge is 2.31. The van der Waals surface area contributed by atoms with Gasteiger partial charge in [-0.05, 0) is 34.7 Å². The van der Waals surface area contributed by atoms with Crippen LogP contribution in [0.3, 0.4) is 0 Å². The van der Waals surface area contributed by atoms with E-state index in [-0.39, 0.29) is 16.7 Å². The van der Waals surface area contributed by atoms with Gasteiger partial charge in [-0.1, -0.05) is 62.7 Å². The molecule has 1 aliphatic rings. The molecule has 1 fully saturated rings. The Morgan fingerprint density at radius 2 is 1.88 bits per heavy atom. The largest absolute Gasteiger partial charge is 0.322 e. The highest BCUT2D eigenvalue weighted by molar-refractivity contribution is 7.99. The van der Waals surface area contributed by atoms with Gasteiger partial charge in [0.05, 0.1) is 0 Å². The monoisotopic (exact) mass is 359 g/mol. The van der Waals surface area contributed by atoms with Crippen LogP contribution in [0.4, 0.5) is 0 Å². The first-order chi connectivity index (χ1) is 11.4. The smallest absolute Gasteiger partial charge is 0.255 e. The normalized spacial score (nSPS) is 18.0. The summed E-state index contributed by atoms with van der Waals surface area (Å²) >= 11 is 7.85. The Morgan fingerprint density at radius 3 is 2.50 bits per heavy atom. The van der Waals surface area contributed by atoms with Gasteiger partial charge < -0.3 is 4.90 Å². The molecule has 2 aromatic rings. The minimum absolute atomic E-state index is 0.0485. The summed E-state index contributed by atoms with van der Waals surface area (Å²) in [5.74, 6) is 1.00. The Morgan fingerprint density at radius 1 is 1.17 bits per heavy atom.